The molecule has 0 atom stereocenters. The molecule has 0 aliphatic heterocycles. The van der Waals surface area contributed by atoms with Crippen LogP contribution in [-0.4, -0.2) is 10.1 Å². The normalized spacial score (nSPS) is 10.4. The van der Waals surface area contributed by atoms with Gasteiger partial charge in [0.2, 0.25) is 0 Å². The maximum atomic E-state index is 4.96. The summed E-state index contributed by atoms with van der Waals surface area (Å²) in [5.41, 5.74) is 1.01. The van der Waals surface area contributed by atoms with Crippen LogP contribution in [0.1, 0.15) is 5.76 Å². The van der Waals surface area contributed by atoms with Crippen molar-refractivity contribution in [1.29, 1.82) is 0 Å². The first-order valence-corrected chi connectivity index (χ1v) is 4.60. The molecular weight excluding hydrogens is 192 g/mol. The molecule has 12 heavy (non-hydrogen) atoms. The Balaban J connectivity index is 2.57. The lowest BCUT2D eigenvalue weighted by atomic mass is 10.2. The molecule has 2 heterocycles. The molecule has 0 saturated carbocycles. The average Bonchev–Trinajstić information content (AvgIpc) is 2.58. The standard InChI is InChI=1S/C7H6N2OS2/c1-4-5(2-9-10-4)6-3-8-7(11)12-6/h2-3H,1H3,(H,8,11). The van der Waals surface area contributed by atoms with E-state index >= 15 is 0 Å². The lowest BCUT2D eigenvalue weighted by molar-refractivity contribution is 0.398. The smallest absolute Gasteiger partial charge is 0.158 e. The van der Waals surface area contributed by atoms with Gasteiger partial charge >= 0.3 is 0 Å². The van der Waals surface area contributed by atoms with Gasteiger partial charge in [0.1, 0.15) is 5.76 Å². The third-order valence-corrected chi connectivity index (χ3v) is 2.77. The number of nitrogens with zero attached hydrogens (tertiary/aromatic N) is 1. The molecule has 0 aliphatic carbocycles. The van der Waals surface area contributed by atoms with E-state index < -0.39 is 0 Å². The Morgan fingerprint density at radius 1 is 1.67 bits per heavy atom. The highest BCUT2D eigenvalue weighted by atomic mass is 32.1. The fraction of sp³-hybridized carbons (Fsp3) is 0.143. The van der Waals surface area contributed by atoms with Crippen molar-refractivity contribution >= 4 is 23.6 Å². The fourth-order valence-corrected chi connectivity index (χ4v) is 2.02. The van der Waals surface area contributed by atoms with E-state index in [1.807, 2.05) is 13.1 Å². The second-order valence-electron chi connectivity index (χ2n) is 2.34. The van der Waals surface area contributed by atoms with E-state index in [0.717, 1.165) is 20.2 Å². The molecule has 0 aliphatic rings. The quantitative estimate of drug-likeness (QED) is 0.716. The first kappa shape index (κ1) is 7.70. The summed E-state index contributed by atoms with van der Waals surface area (Å²) in [6.07, 6.45) is 3.57. The van der Waals surface area contributed by atoms with Crippen LogP contribution in [-0.2, 0) is 0 Å². The Hall–Kier alpha value is -0.940. The Bertz CT molecular complexity index is 440. The average molecular weight is 198 g/mol. The van der Waals surface area contributed by atoms with Crippen molar-refractivity contribution in [2.24, 2.45) is 0 Å². The Morgan fingerprint density at radius 3 is 3.00 bits per heavy atom. The zero-order chi connectivity index (χ0) is 8.55. The van der Waals surface area contributed by atoms with E-state index in [1.54, 1.807) is 6.20 Å². The summed E-state index contributed by atoms with van der Waals surface area (Å²) in [4.78, 5) is 4.02. The van der Waals surface area contributed by atoms with Crippen molar-refractivity contribution in [3.63, 3.8) is 0 Å². The monoisotopic (exact) mass is 198 g/mol. The zero-order valence-corrected chi connectivity index (χ0v) is 7.96. The van der Waals surface area contributed by atoms with Crippen molar-refractivity contribution in [2.75, 3.05) is 0 Å². The van der Waals surface area contributed by atoms with Gasteiger partial charge in [-0.1, -0.05) is 5.16 Å². The number of aromatic amines is 1. The van der Waals surface area contributed by atoms with Crippen LogP contribution in [0.4, 0.5) is 0 Å². The molecule has 2 aromatic rings. The topological polar surface area (TPSA) is 41.8 Å². The Labute approximate surface area is 78.0 Å². The van der Waals surface area contributed by atoms with Crippen LogP contribution < -0.4 is 0 Å². The predicted molar refractivity (Wildman–Crippen MR) is 49.7 cm³/mol. The van der Waals surface area contributed by atoms with Crippen molar-refractivity contribution in [1.82, 2.24) is 10.1 Å². The van der Waals surface area contributed by atoms with Gasteiger partial charge in [0.15, 0.2) is 3.95 Å². The largest absolute Gasteiger partial charge is 0.361 e. The van der Waals surface area contributed by atoms with Gasteiger partial charge in [-0.25, -0.2) is 0 Å². The molecule has 0 radical (unpaired) electrons. The summed E-state index contributed by atoms with van der Waals surface area (Å²) in [6, 6.07) is 0. The lowest BCUT2D eigenvalue weighted by Crippen LogP contribution is -1.69. The van der Waals surface area contributed by atoms with Crippen LogP contribution in [0.25, 0.3) is 10.4 Å². The number of rotatable bonds is 1. The Kier molecular flexibility index (Phi) is 1.82. The SMILES string of the molecule is Cc1oncc1-c1c[nH]c(=S)s1. The van der Waals surface area contributed by atoms with Gasteiger partial charge in [-0.3, -0.25) is 0 Å². The Morgan fingerprint density at radius 2 is 2.50 bits per heavy atom. The van der Waals surface area contributed by atoms with Crippen LogP contribution in [0.2, 0.25) is 0 Å². The highest BCUT2D eigenvalue weighted by molar-refractivity contribution is 7.73. The van der Waals surface area contributed by atoms with Gasteiger partial charge in [-0.05, 0) is 19.1 Å². The molecule has 0 bridgehead atoms. The molecule has 1 N–H and O–H groups in total. The third-order valence-electron chi connectivity index (χ3n) is 1.54. The maximum Gasteiger partial charge on any atom is 0.158 e. The molecule has 3 nitrogen and oxygen atoms in total. The number of H-pyrrole nitrogens is 1. The van der Waals surface area contributed by atoms with E-state index in [1.165, 1.54) is 11.3 Å². The summed E-state index contributed by atoms with van der Waals surface area (Å²) in [6.45, 7) is 1.88. The first-order valence-electron chi connectivity index (χ1n) is 3.37. The summed E-state index contributed by atoms with van der Waals surface area (Å²) in [5, 5.41) is 3.69. The second kappa shape index (κ2) is 2.84. The molecular formula is C7H6N2OS2. The van der Waals surface area contributed by atoms with Crippen LogP contribution >= 0.6 is 23.6 Å². The van der Waals surface area contributed by atoms with Gasteiger partial charge in [0.25, 0.3) is 0 Å². The predicted octanol–water partition coefficient (Wildman–Crippen LogP) is 2.77. The highest BCUT2D eigenvalue weighted by Crippen LogP contribution is 2.26. The van der Waals surface area contributed by atoms with Crippen molar-refractivity contribution < 1.29 is 4.52 Å². The molecule has 0 saturated heterocycles. The first-order chi connectivity index (χ1) is 5.77. The molecule has 2 rings (SSSR count). The van der Waals surface area contributed by atoms with E-state index in [0.29, 0.717) is 0 Å². The van der Waals surface area contributed by atoms with Crippen LogP contribution in [0.15, 0.2) is 16.9 Å². The number of thiazole rings is 1. The molecule has 0 spiro atoms. The van der Waals surface area contributed by atoms with Crippen molar-refractivity contribution in [3.8, 4) is 10.4 Å². The van der Waals surface area contributed by atoms with Gasteiger partial charge in [-0.2, -0.15) is 0 Å². The molecule has 0 unspecified atom stereocenters. The molecule has 2 aromatic heterocycles. The molecule has 0 fully saturated rings. The van der Waals surface area contributed by atoms with Gasteiger partial charge in [-0.15, -0.1) is 11.3 Å². The van der Waals surface area contributed by atoms with Gasteiger partial charge in [0, 0.05) is 6.20 Å². The molecule has 0 amide bonds. The third kappa shape index (κ3) is 1.21. The summed E-state index contributed by atoms with van der Waals surface area (Å²) in [7, 11) is 0. The molecule has 0 aromatic carbocycles. The number of hydrogen-bond donors (Lipinski definition) is 1. The summed E-state index contributed by atoms with van der Waals surface area (Å²) < 4.78 is 5.71. The zero-order valence-electron chi connectivity index (χ0n) is 6.33. The van der Waals surface area contributed by atoms with Crippen molar-refractivity contribution in [3.05, 3.63) is 22.1 Å². The van der Waals surface area contributed by atoms with E-state index in [9.17, 15) is 0 Å². The summed E-state index contributed by atoms with van der Waals surface area (Å²) in [5.74, 6) is 0.820. The number of aromatic nitrogens is 2. The van der Waals surface area contributed by atoms with Crippen LogP contribution in [0.3, 0.4) is 0 Å². The maximum absolute atomic E-state index is 4.96. The minimum Gasteiger partial charge on any atom is -0.361 e. The minimum atomic E-state index is 0.769. The van der Waals surface area contributed by atoms with E-state index in [2.05, 4.69) is 10.1 Å². The van der Waals surface area contributed by atoms with Gasteiger partial charge in [0.05, 0.1) is 16.6 Å². The van der Waals surface area contributed by atoms with Crippen LogP contribution in [0, 0.1) is 10.9 Å². The van der Waals surface area contributed by atoms with Crippen LogP contribution in [0.5, 0.6) is 0 Å². The van der Waals surface area contributed by atoms with E-state index in [-0.39, 0.29) is 0 Å². The minimum absolute atomic E-state index is 0.769. The molecule has 62 valence electrons. The van der Waals surface area contributed by atoms with Crippen molar-refractivity contribution in [2.45, 2.75) is 6.92 Å². The molecule has 5 heteroatoms. The lowest BCUT2D eigenvalue weighted by Gasteiger charge is -1.87. The van der Waals surface area contributed by atoms with E-state index in [4.69, 9.17) is 16.7 Å². The number of nitrogens with one attached hydrogen (secondary N) is 1. The summed E-state index contributed by atoms with van der Waals surface area (Å²) >= 11 is 6.48. The number of aryl methyl sites for hydroxylation is 1. The number of hydrogen-bond acceptors (Lipinski definition) is 4. The fourth-order valence-electron chi connectivity index (χ4n) is 0.951. The highest BCUT2D eigenvalue weighted by Gasteiger charge is 2.06. The second-order valence-corrected chi connectivity index (χ2v) is 4.06. The van der Waals surface area contributed by atoms with Gasteiger partial charge < -0.3 is 9.51 Å².